The predicted octanol–water partition coefficient (Wildman–Crippen LogP) is 5.73. The van der Waals surface area contributed by atoms with Gasteiger partial charge < -0.3 is 15.8 Å². The Kier molecular flexibility index (Phi) is 5.64. The van der Waals surface area contributed by atoms with Crippen LogP contribution >= 0.6 is 11.6 Å². The first-order valence-electron chi connectivity index (χ1n) is 10.0. The number of hydrogen-bond acceptors (Lipinski definition) is 4. The van der Waals surface area contributed by atoms with Crippen LogP contribution in [-0.2, 0) is 5.60 Å². The number of nitrogens with one attached hydrogen (secondary N) is 1. The van der Waals surface area contributed by atoms with Crippen LogP contribution in [0.2, 0.25) is 5.02 Å². The van der Waals surface area contributed by atoms with Gasteiger partial charge in [0.2, 0.25) is 0 Å². The molecule has 4 rings (SSSR count). The second-order valence-corrected chi connectivity index (χ2v) is 8.18. The van der Waals surface area contributed by atoms with E-state index in [1.54, 1.807) is 6.07 Å². The van der Waals surface area contributed by atoms with Gasteiger partial charge in [-0.05, 0) is 62.4 Å². The molecular formula is C24H24ClN3O2. The Morgan fingerprint density at radius 3 is 2.67 bits per heavy atom. The maximum Gasteiger partial charge on any atom is 0.255 e. The smallest absolute Gasteiger partial charge is 0.255 e. The zero-order chi connectivity index (χ0) is 21.1. The number of amides is 1. The van der Waals surface area contributed by atoms with Gasteiger partial charge in [0, 0.05) is 23.5 Å². The molecule has 3 N–H and O–H groups in total. The number of nitrogens with two attached hydrogens (primary N) is 1. The summed E-state index contributed by atoms with van der Waals surface area (Å²) >= 11 is 6.10. The summed E-state index contributed by atoms with van der Waals surface area (Å²) in [6.45, 7) is 1.97. The summed E-state index contributed by atoms with van der Waals surface area (Å²) in [7, 11) is 0. The lowest BCUT2D eigenvalue weighted by Crippen LogP contribution is -2.30. The highest BCUT2D eigenvalue weighted by Crippen LogP contribution is 2.44. The van der Waals surface area contributed by atoms with Gasteiger partial charge in [0.05, 0.1) is 5.02 Å². The van der Waals surface area contributed by atoms with Crippen molar-refractivity contribution in [2.75, 3.05) is 11.1 Å². The molecule has 1 amide bonds. The van der Waals surface area contributed by atoms with E-state index in [0.29, 0.717) is 22.2 Å². The minimum atomic E-state index is -0.523. The maximum atomic E-state index is 12.7. The van der Waals surface area contributed by atoms with Crippen LogP contribution in [0.15, 0.2) is 60.8 Å². The molecule has 1 aromatic heterocycles. The van der Waals surface area contributed by atoms with Crippen molar-refractivity contribution >= 4 is 29.0 Å². The molecule has 1 aliphatic rings. The molecular weight excluding hydrogens is 398 g/mol. The number of benzene rings is 2. The van der Waals surface area contributed by atoms with Crippen LogP contribution in [0.1, 0.15) is 47.2 Å². The third kappa shape index (κ3) is 4.26. The van der Waals surface area contributed by atoms with Gasteiger partial charge in [-0.3, -0.25) is 4.79 Å². The molecule has 0 bridgehead atoms. The molecule has 30 heavy (non-hydrogen) atoms. The largest absolute Gasteiger partial charge is 0.479 e. The van der Waals surface area contributed by atoms with E-state index in [-0.39, 0.29) is 5.91 Å². The number of halogens is 1. The van der Waals surface area contributed by atoms with Crippen molar-refractivity contribution in [1.82, 2.24) is 4.98 Å². The first kappa shape index (κ1) is 20.2. The second-order valence-electron chi connectivity index (χ2n) is 7.74. The third-order valence-electron chi connectivity index (χ3n) is 5.49. The minimum absolute atomic E-state index is 0.138. The number of anilines is 2. The number of pyridine rings is 1. The number of nitrogen functional groups attached to an aromatic ring is 1. The lowest BCUT2D eigenvalue weighted by Gasteiger charge is -2.31. The van der Waals surface area contributed by atoms with E-state index in [4.69, 9.17) is 22.1 Å². The van der Waals surface area contributed by atoms with Crippen LogP contribution < -0.4 is 15.8 Å². The van der Waals surface area contributed by atoms with Gasteiger partial charge in [0.15, 0.2) is 11.6 Å². The fourth-order valence-corrected chi connectivity index (χ4v) is 4.14. The van der Waals surface area contributed by atoms with Crippen molar-refractivity contribution in [3.05, 3.63) is 82.5 Å². The van der Waals surface area contributed by atoms with E-state index >= 15 is 0 Å². The Morgan fingerprint density at radius 1 is 1.13 bits per heavy atom. The first-order chi connectivity index (χ1) is 14.4. The highest BCUT2D eigenvalue weighted by atomic mass is 35.5. The molecule has 0 saturated heterocycles. The molecule has 154 valence electrons. The number of ether oxygens (including phenoxy) is 1. The summed E-state index contributed by atoms with van der Waals surface area (Å²) in [5.41, 5.74) is 8.90. The van der Waals surface area contributed by atoms with Gasteiger partial charge in [0.1, 0.15) is 5.60 Å². The SMILES string of the molecule is Cc1cccc(C(=O)Nc2cccc(C3(Oc4cc(Cl)cnc4N)CCCC3)c2)c1. The van der Waals surface area contributed by atoms with Gasteiger partial charge in [0.25, 0.3) is 5.91 Å². The highest BCUT2D eigenvalue weighted by Gasteiger charge is 2.38. The Morgan fingerprint density at radius 2 is 1.90 bits per heavy atom. The molecule has 6 heteroatoms. The predicted molar refractivity (Wildman–Crippen MR) is 120 cm³/mol. The summed E-state index contributed by atoms with van der Waals surface area (Å²) in [4.78, 5) is 16.8. The zero-order valence-corrected chi connectivity index (χ0v) is 17.6. The van der Waals surface area contributed by atoms with Crippen LogP contribution in [-0.4, -0.2) is 10.9 Å². The molecule has 0 radical (unpaired) electrons. The summed E-state index contributed by atoms with van der Waals surface area (Å²) in [6, 6.07) is 17.1. The molecule has 1 aliphatic carbocycles. The monoisotopic (exact) mass is 421 g/mol. The Labute approximate surface area is 181 Å². The van der Waals surface area contributed by atoms with Crippen LogP contribution in [0.5, 0.6) is 5.75 Å². The van der Waals surface area contributed by atoms with Gasteiger partial charge >= 0.3 is 0 Å². The van der Waals surface area contributed by atoms with Crippen LogP contribution in [0.3, 0.4) is 0 Å². The molecule has 0 unspecified atom stereocenters. The van der Waals surface area contributed by atoms with E-state index in [2.05, 4.69) is 10.3 Å². The second kappa shape index (κ2) is 8.36. The van der Waals surface area contributed by atoms with Gasteiger partial charge in [-0.1, -0.05) is 41.4 Å². The molecule has 1 saturated carbocycles. The summed E-state index contributed by atoms with van der Waals surface area (Å²) < 4.78 is 6.44. The minimum Gasteiger partial charge on any atom is -0.479 e. The van der Waals surface area contributed by atoms with E-state index in [0.717, 1.165) is 42.5 Å². The Balaban J connectivity index is 1.62. The average molecular weight is 422 g/mol. The van der Waals surface area contributed by atoms with Crippen molar-refractivity contribution in [2.45, 2.75) is 38.2 Å². The van der Waals surface area contributed by atoms with Crippen molar-refractivity contribution in [3.8, 4) is 5.75 Å². The number of aromatic nitrogens is 1. The Hall–Kier alpha value is -3.05. The lowest BCUT2D eigenvalue weighted by molar-refractivity contribution is 0.0745. The van der Waals surface area contributed by atoms with Crippen LogP contribution in [0.25, 0.3) is 0 Å². The number of aryl methyl sites for hydroxylation is 1. The molecule has 0 spiro atoms. The van der Waals surface area contributed by atoms with Gasteiger partial charge in [-0.2, -0.15) is 0 Å². The molecule has 1 fully saturated rings. The van der Waals surface area contributed by atoms with Gasteiger partial charge in [-0.25, -0.2) is 4.98 Å². The van der Waals surface area contributed by atoms with E-state index in [1.807, 2.05) is 55.5 Å². The lowest BCUT2D eigenvalue weighted by atomic mass is 9.91. The van der Waals surface area contributed by atoms with Crippen molar-refractivity contribution in [2.24, 2.45) is 0 Å². The zero-order valence-electron chi connectivity index (χ0n) is 16.8. The fraction of sp³-hybridized carbons (Fsp3) is 0.250. The molecule has 0 aliphatic heterocycles. The number of hydrogen-bond donors (Lipinski definition) is 2. The maximum absolute atomic E-state index is 12.7. The van der Waals surface area contributed by atoms with E-state index in [1.165, 1.54) is 6.20 Å². The summed E-state index contributed by atoms with van der Waals surface area (Å²) in [5, 5.41) is 3.48. The topological polar surface area (TPSA) is 77.2 Å². The standard InChI is InChI=1S/C24H24ClN3O2/c1-16-6-4-7-17(12-16)23(29)28-20-9-5-8-18(13-20)24(10-2-3-11-24)30-21-14-19(25)15-27-22(21)26/h4-9,12-15H,2-3,10-11H2,1H3,(H2,26,27)(H,28,29). The van der Waals surface area contributed by atoms with Crippen molar-refractivity contribution < 1.29 is 9.53 Å². The number of rotatable bonds is 5. The first-order valence-corrected chi connectivity index (χ1v) is 10.4. The molecule has 3 aromatic rings. The van der Waals surface area contributed by atoms with Crippen molar-refractivity contribution in [3.63, 3.8) is 0 Å². The molecule has 5 nitrogen and oxygen atoms in total. The normalized spacial score (nSPS) is 15.0. The number of nitrogens with zero attached hydrogens (tertiary/aromatic N) is 1. The summed E-state index contributed by atoms with van der Waals surface area (Å²) in [6.07, 6.45) is 5.32. The molecule has 2 aromatic carbocycles. The Bertz CT molecular complexity index is 1080. The fourth-order valence-electron chi connectivity index (χ4n) is 3.99. The number of carbonyl (C=O) groups excluding carboxylic acids is 1. The van der Waals surface area contributed by atoms with E-state index < -0.39 is 5.60 Å². The van der Waals surface area contributed by atoms with Crippen molar-refractivity contribution in [1.29, 1.82) is 0 Å². The van der Waals surface area contributed by atoms with Crippen LogP contribution in [0, 0.1) is 6.92 Å². The number of carbonyl (C=O) groups is 1. The van der Waals surface area contributed by atoms with Crippen LogP contribution in [0.4, 0.5) is 11.5 Å². The average Bonchev–Trinajstić information content (AvgIpc) is 3.21. The third-order valence-corrected chi connectivity index (χ3v) is 5.70. The quantitative estimate of drug-likeness (QED) is 0.551. The van der Waals surface area contributed by atoms with E-state index in [9.17, 15) is 4.79 Å². The highest BCUT2D eigenvalue weighted by molar-refractivity contribution is 6.30. The molecule has 0 atom stereocenters. The molecule has 1 heterocycles. The van der Waals surface area contributed by atoms with Gasteiger partial charge in [-0.15, -0.1) is 0 Å². The summed E-state index contributed by atoms with van der Waals surface area (Å²) in [5.74, 6) is 0.661.